The molecule has 0 radical (unpaired) electrons. The summed E-state index contributed by atoms with van der Waals surface area (Å²) in [6.45, 7) is 0. The van der Waals surface area contributed by atoms with Gasteiger partial charge in [0.2, 0.25) is 0 Å². The van der Waals surface area contributed by atoms with Gasteiger partial charge >= 0.3 is 0 Å². The number of hydrogen-bond donors (Lipinski definition) is 0. The molecule has 9 aromatic rings. The molecule has 0 aliphatic heterocycles. The molecule has 5 heterocycles. The highest BCUT2D eigenvalue weighted by atomic mass is 15.1. The lowest BCUT2D eigenvalue weighted by atomic mass is 9.98. The highest BCUT2D eigenvalue weighted by molar-refractivity contribution is 6.08. The van der Waals surface area contributed by atoms with E-state index in [-0.39, 0.29) is 0 Å². The van der Waals surface area contributed by atoms with Crippen molar-refractivity contribution in [3.05, 3.63) is 176 Å². The van der Waals surface area contributed by atoms with E-state index >= 15 is 0 Å². The first-order valence-corrected chi connectivity index (χ1v) is 16.3. The first-order chi connectivity index (χ1) is 24.3. The van der Waals surface area contributed by atoms with Crippen LogP contribution in [0.25, 0.3) is 83.8 Å². The number of rotatable bonds is 6. The van der Waals surface area contributed by atoms with E-state index in [9.17, 15) is 0 Å². The van der Waals surface area contributed by atoms with Crippen molar-refractivity contribution in [1.29, 1.82) is 0 Å². The SMILES string of the molecule is c1ccc(-c2ccc(-c3cc(-c4ccccn4)nc(-c4cc(-c5ccccc5)cc(-n5c6ccccc6c6cnccc65)n4)c3)cc2)cc1. The first-order valence-electron chi connectivity index (χ1n) is 16.3. The van der Waals surface area contributed by atoms with E-state index in [0.717, 1.165) is 72.7 Å². The topological polar surface area (TPSA) is 56.5 Å². The molecular weight excluding hydrogens is 599 g/mol. The monoisotopic (exact) mass is 627 g/mol. The number of nitrogens with zero attached hydrogens (tertiary/aromatic N) is 5. The molecule has 0 spiro atoms. The van der Waals surface area contributed by atoms with E-state index in [1.165, 1.54) is 11.1 Å². The van der Waals surface area contributed by atoms with Gasteiger partial charge in [-0.05, 0) is 81.9 Å². The molecule has 5 aromatic heterocycles. The molecule has 0 N–H and O–H groups in total. The maximum Gasteiger partial charge on any atom is 0.138 e. The van der Waals surface area contributed by atoms with E-state index in [1.54, 1.807) is 0 Å². The zero-order valence-corrected chi connectivity index (χ0v) is 26.5. The number of aromatic nitrogens is 5. The number of para-hydroxylation sites is 1. The van der Waals surface area contributed by atoms with E-state index in [1.807, 2.05) is 48.9 Å². The van der Waals surface area contributed by atoms with E-state index < -0.39 is 0 Å². The van der Waals surface area contributed by atoms with Gasteiger partial charge in [-0.1, -0.05) is 109 Å². The van der Waals surface area contributed by atoms with Gasteiger partial charge in [0, 0.05) is 29.4 Å². The van der Waals surface area contributed by atoms with Crippen LogP contribution in [0.2, 0.25) is 0 Å². The maximum atomic E-state index is 5.35. The second-order valence-corrected chi connectivity index (χ2v) is 12.0. The lowest BCUT2D eigenvalue weighted by molar-refractivity contribution is 1.08. The average Bonchev–Trinajstić information content (AvgIpc) is 3.53. The Labute approximate surface area is 283 Å². The lowest BCUT2D eigenvalue weighted by Crippen LogP contribution is -2.01. The number of fused-ring (bicyclic) bond motifs is 3. The van der Waals surface area contributed by atoms with Crippen LogP contribution in [0.15, 0.2) is 176 Å². The largest absolute Gasteiger partial charge is 0.294 e. The van der Waals surface area contributed by atoms with Gasteiger partial charge in [0.15, 0.2) is 0 Å². The first kappa shape index (κ1) is 28.5. The van der Waals surface area contributed by atoms with Crippen LogP contribution in [0.5, 0.6) is 0 Å². The van der Waals surface area contributed by atoms with Crippen LogP contribution < -0.4 is 0 Å². The normalized spacial score (nSPS) is 11.3. The second-order valence-electron chi connectivity index (χ2n) is 12.0. The molecule has 4 aromatic carbocycles. The number of benzene rings is 4. The predicted octanol–water partition coefficient (Wildman–Crippen LogP) is 10.7. The summed E-state index contributed by atoms with van der Waals surface area (Å²) < 4.78 is 2.23. The van der Waals surface area contributed by atoms with Crippen LogP contribution >= 0.6 is 0 Å². The summed E-state index contributed by atoms with van der Waals surface area (Å²) in [5.74, 6) is 0.813. The Morgan fingerprint density at radius 2 is 0.918 bits per heavy atom. The van der Waals surface area contributed by atoms with Crippen LogP contribution in [0.4, 0.5) is 0 Å². The van der Waals surface area contributed by atoms with Crippen molar-refractivity contribution >= 4 is 21.8 Å². The molecule has 49 heavy (non-hydrogen) atoms. The molecule has 5 heteroatoms. The summed E-state index contributed by atoms with van der Waals surface area (Å²) in [6.07, 6.45) is 5.58. The average molecular weight is 628 g/mol. The van der Waals surface area contributed by atoms with Crippen LogP contribution in [-0.4, -0.2) is 24.5 Å². The Balaban J connectivity index is 1.27. The van der Waals surface area contributed by atoms with Crippen molar-refractivity contribution in [2.24, 2.45) is 0 Å². The molecule has 0 amide bonds. The van der Waals surface area contributed by atoms with Gasteiger partial charge < -0.3 is 0 Å². The highest BCUT2D eigenvalue weighted by Gasteiger charge is 2.17. The summed E-state index contributed by atoms with van der Waals surface area (Å²) in [6, 6.07) is 54.6. The smallest absolute Gasteiger partial charge is 0.138 e. The third-order valence-electron chi connectivity index (χ3n) is 8.96. The zero-order chi connectivity index (χ0) is 32.6. The Kier molecular flexibility index (Phi) is 7.06. The minimum Gasteiger partial charge on any atom is -0.294 e. The van der Waals surface area contributed by atoms with Crippen LogP contribution in [-0.2, 0) is 0 Å². The summed E-state index contributed by atoms with van der Waals surface area (Å²) >= 11 is 0. The Morgan fingerprint density at radius 1 is 0.367 bits per heavy atom. The van der Waals surface area contributed by atoms with Crippen molar-refractivity contribution in [3.63, 3.8) is 0 Å². The Morgan fingerprint density at radius 3 is 1.63 bits per heavy atom. The van der Waals surface area contributed by atoms with Crippen molar-refractivity contribution in [1.82, 2.24) is 24.5 Å². The van der Waals surface area contributed by atoms with E-state index in [0.29, 0.717) is 0 Å². The molecule has 230 valence electrons. The summed E-state index contributed by atoms with van der Waals surface area (Å²) in [7, 11) is 0. The third kappa shape index (κ3) is 5.33. The van der Waals surface area contributed by atoms with Gasteiger partial charge in [0.25, 0.3) is 0 Å². The second kappa shape index (κ2) is 12.1. The fourth-order valence-corrected chi connectivity index (χ4v) is 6.58. The molecule has 0 bridgehead atoms. The molecule has 0 aliphatic rings. The predicted molar refractivity (Wildman–Crippen MR) is 199 cm³/mol. The molecule has 9 rings (SSSR count). The summed E-state index contributed by atoms with van der Waals surface area (Å²) in [4.78, 5) is 19.7. The van der Waals surface area contributed by atoms with Gasteiger partial charge in [0.05, 0.1) is 33.8 Å². The van der Waals surface area contributed by atoms with Gasteiger partial charge in [-0.3, -0.25) is 14.5 Å². The highest BCUT2D eigenvalue weighted by Crippen LogP contribution is 2.36. The standard InChI is InChI=1S/C44H29N5/c1-3-11-30(12-4-1)32-18-20-33(21-19-32)34-25-39(38-16-9-10-23-46-38)47-40(26-34)41-27-35(31-13-5-2-6-14-31)28-44(48-41)49-42-17-8-7-15-36(42)37-29-45-24-22-43(37)49/h1-29H. The van der Waals surface area contributed by atoms with E-state index in [2.05, 4.69) is 142 Å². The maximum absolute atomic E-state index is 5.35. The minimum absolute atomic E-state index is 0.770. The van der Waals surface area contributed by atoms with Crippen molar-refractivity contribution < 1.29 is 0 Å². The van der Waals surface area contributed by atoms with Gasteiger partial charge in [0.1, 0.15) is 5.82 Å². The zero-order valence-electron chi connectivity index (χ0n) is 26.5. The molecular formula is C44H29N5. The molecule has 0 unspecified atom stereocenters. The minimum atomic E-state index is 0.770. The number of hydrogen-bond acceptors (Lipinski definition) is 4. The van der Waals surface area contributed by atoms with Crippen LogP contribution in [0.3, 0.4) is 0 Å². The van der Waals surface area contributed by atoms with Crippen molar-refractivity contribution in [2.75, 3.05) is 0 Å². The van der Waals surface area contributed by atoms with Gasteiger partial charge in [-0.15, -0.1) is 0 Å². The molecule has 0 atom stereocenters. The van der Waals surface area contributed by atoms with Crippen molar-refractivity contribution in [3.8, 4) is 62.0 Å². The summed E-state index contributed by atoms with van der Waals surface area (Å²) in [5, 5.41) is 2.22. The molecule has 0 fully saturated rings. The Bertz CT molecular complexity index is 2520. The van der Waals surface area contributed by atoms with E-state index in [4.69, 9.17) is 9.97 Å². The molecule has 0 saturated heterocycles. The third-order valence-corrected chi connectivity index (χ3v) is 8.96. The van der Waals surface area contributed by atoms with Crippen LogP contribution in [0, 0.1) is 0 Å². The Hall–Kier alpha value is -6.72. The quantitative estimate of drug-likeness (QED) is 0.184. The lowest BCUT2D eigenvalue weighted by Gasteiger charge is -2.14. The van der Waals surface area contributed by atoms with Gasteiger partial charge in [-0.2, -0.15) is 0 Å². The fraction of sp³-hybridized carbons (Fsp3) is 0. The number of pyridine rings is 4. The molecule has 5 nitrogen and oxygen atoms in total. The van der Waals surface area contributed by atoms with Crippen molar-refractivity contribution in [2.45, 2.75) is 0 Å². The van der Waals surface area contributed by atoms with Gasteiger partial charge in [-0.25, -0.2) is 9.97 Å². The van der Waals surface area contributed by atoms with Crippen LogP contribution in [0.1, 0.15) is 0 Å². The molecule has 0 saturated carbocycles. The molecule has 0 aliphatic carbocycles. The fourth-order valence-electron chi connectivity index (χ4n) is 6.58. The summed E-state index contributed by atoms with van der Waals surface area (Å²) in [5.41, 5.74) is 11.9.